The second kappa shape index (κ2) is 8.98. The summed E-state index contributed by atoms with van der Waals surface area (Å²) >= 11 is 3.13. The quantitative estimate of drug-likeness (QED) is 0.440. The van der Waals surface area contributed by atoms with E-state index in [1.54, 1.807) is 24.3 Å². The molecule has 9 nitrogen and oxygen atoms in total. The number of furan rings is 1. The van der Waals surface area contributed by atoms with E-state index in [9.17, 15) is 14.4 Å². The molecule has 4 rings (SSSR count). The van der Waals surface area contributed by atoms with Crippen LogP contribution >= 0.6 is 15.9 Å². The van der Waals surface area contributed by atoms with Gasteiger partial charge >= 0.3 is 5.97 Å². The Morgan fingerprint density at radius 1 is 1.00 bits per heavy atom. The monoisotopic (exact) mass is 498 g/mol. The van der Waals surface area contributed by atoms with Crippen LogP contribution in [-0.4, -0.2) is 29.7 Å². The van der Waals surface area contributed by atoms with Crippen LogP contribution < -0.4 is 20.1 Å². The van der Waals surface area contributed by atoms with Crippen LogP contribution in [0.15, 0.2) is 69.4 Å². The molecule has 0 fully saturated rings. The highest BCUT2D eigenvalue weighted by atomic mass is 79.9. The van der Waals surface area contributed by atoms with Crippen molar-refractivity contribution >= 4 is 45.5 Å². The van der Waals surface area contributed by atoms with Gasteiger partial charge < -0.3 is 29.6 Å². The fourth-order valence-electron chi connectivity index (χ4n) is 2.88. The molecule has 1 aliphatic rings. The molecule has 3 aromatic rings. The number of aromatic carboxylic acids is 1. The number of fused-ring (bicyclic) bond motifs is 1. The maximum Gasteiger partial charge on any atom is 0.335 e. The van der Waals surface area contributed by atoms with Crippen molar-refractivity contribution in [2.75, 3.05) is 12.1 Å². The van der Waals surface area contributed by atoms with Gasteiger partial charge in [0.1, 0.15) is 5.70 Å². The molecule has 0 atom stereocenters. The second-order valence-electron chi connectivity index (χ2n) is 6.57. The summed E-state index contributed by atoms with van der Waals surface area (Å²) in [7, 11) is 0. The van der Waals surface area contributed by atoms with E-state index in [1.165, 1.54) is 36.4 Å². The van der Waals surface area contributed by atoms with Crippen LogP contribution in [0.4, 0.5) is 5.69 Å². The second-order valence-corrected chi connectivity index (χ2v) is 7.35. The standard InChI is InChI=1S/C22H15BrN2O7/c23-19-7-6-17(32-19)21(27)25-15(8-12-4-5-16-18(9-12)31-11-30-16)20(26)24-14-3-1-2-13(10-14)22(28)29/h1-10H,11H2,(H,24,26)(H,25,27)(H,28,29). The minimum Gasteiger partial charge on any atom is -0.478 e. The third kappa shape index (κ3) is 4.81. The fourth-order valence-corrected chi connectivity index (χ4v) is 3.18. The first-order valence-corrected chi connectivity index (χ1v) is 10.0. The average Bonchev–Trinajstić information content (AvgIpc) is 3.41. The third-order valence-electron chi connectivity index (χ3n) is 4.36. The molecule has 0 bridgehead atoms. The zero-order chi connectivity index (χ0) is 22.7. The van der Waals surface area contributed by atoms with Crippen molar-refractivity contribution in [3.63, 3.8) is 0 Å². The number of carbonyl (C=O) groups excluding carboxylic acids is 2. The number of amides is 2. The molecule has 0 aliphatic carbocycles. The molecule has 2 amide bonds. The zero-order valence-electron chi connectivity index (χ0n) is 16.3. The minimum atomic E-state index is -1.13. The zero-order valence-corrected chi connectivity index (χ0v) is 17.8. The maximum absolute atomic E-state index is 13.0. The molecule has 2 heterocycles. The molecule has 1 aromatic heterocycles. The van der Waals surface area contributed by atoms with Crippen molar-refractivity contribution in [2.24, 2.45) is 0 Å². The summed E-state index contributed by atoms with van der Waals surface area (Å²) in [5, 5.41) is 14.3. The number of halogens is 1. The topological polar surface area (TPSA) is 127 Å². The van der Waals surface area contributed by atoms with Crippen LogP contribution in [0.25, 0.3) is 6.08 Å². The summed E-state index contributed by atoms with van der Waals surface area (Å²) in [4.78, 5) is 36.7. The van der Waals surface area contributed by atoms with Crippen LogP contribution in [-0.2, 0) is 4.79 Å². The number of nitrogens with one attached hydrogen (secondary N) is 2. The van der Waals surface area contributed by atoms with Crippen LogP contribution in [0.3, 0.4) is 0 Å². The maximum atomic E-state index is 13.0. The largest absolute Gasteiger partial charge is 0.478 e. The van der Waals surface area contributed by atoms with E-state index >= 15 is 0 Å². The first-order valence-electron chi connectivity index (χ1n) is 9.22. The van der Waals surface area contributed by atoms with Crippen molar-refractivity contribution in [3.05, 3.63) is 81.9 Å². The average molecular weight is 499 g/mol. The van der Waals surface area contributed by atoms with E-state index in [0.717, 1.165) is 0 Å². The summed E-state index contributed by atoms with van der Waals surface area (Å²) < 4.78 is 16.2. The Morgan fingerprint density at radius 3 is 2.56 bits per heavy atom. The summed E-state index contributed by atoms with van der Waals surface area (Å²) in [6, 6.07) is 13.8. The number of hydrogen-bond acceptors (Lipinski definition) is 6. The molecule has 2 aromatic carbocycles. The van der Waals surface area contributed by atoms with Crippen molar-refractivity contribution in [3.8, 4) is 11.5 Å². The van der Waals surface area contributed by atoms with Crippen molar-refractivity contribution < 1.29 is 33.4 Å². The summed E-state index contributed by atoms with van der Waals surface area (Å²) in [6.07, 6.45) is 1.45. The van der Waals surface area contributed by atoms with Gasteiger partial charge in [-0.15, -0.1) is 0 Å². The van der Waals surface area contributed by atoms with Gasteiger partial charge in [-0.05, 0) is 70.0 Å². The Balaban J connectivity index is 1.63. The van der Waals surface area contributed by atoms with Gasteiger partial charge in [0.15, 0.2) is 21.9 Å². The number of hydrogen-bond donors (Lipinski definition) is 3. The molecule has 0 radical (unpaired) electrons. The Labute approximate surface area is 189 Å². The van der Waals surface area contributed by atoms with E-state index < -0.39 is 17.8 Å². The van der Waals surface area contributed by atoms with Gasteiger partial charge in [-0.25, -0.2) is 4.79 Å². The highest BCUT2D eigenvalue weighted by Gasteiger charge is 2.19. The number of rotatable bonds is 6. The smallest absolute Gasteiger partial charge is 0.335 e. The first kappa shape index (κ1) is 21.2. The van der Waals surface area contributed by atoms with Crippen molar-refractivity contribution in [1.29, 1.82) is 0 Å². The molecule has 0 saturated heterocycles. The number of benzene rings is 2. The molecule has 0 unspecified atom stereocenters. The van der Waals surface area contributed by atoms with Gasteiger partial charge in [-0.1, -0.05) is 12.1 Å². The van der Waals surface area contributed by atoms with E-state index in [-0.39, 0.29) is 29.5 Å². The predicted molar refractivity (Wildman–Crippen MR) is 116 cm³/mol. The lowest BCUT2D eigenvalue weighted by Crippen LogP contribution is -2.30. The van der Waals surface area contributed by atoms with Crippen LogP contribution in [0.2, 0.25) is 0 Å². The molecular formula is C22H15BrN2O7. The lowest BCUT2D eigenvalue weighted by atomic mass is 10.1. The van der Waals surface area contributed by atoms with Gasteiger partial charge in [0.2, 0.25) is 6.79 Å². The number of ether oxygens (including phenoxy) is 2. The molecule has 162 valence electrons. The van der Waals surface area contributed by atoms with Crippen molar-refractivity contribution in [1.82, 2.24) is 5.32 Å². The van der Waals surface area contributed by atoms with Crippen LogP contribution in [0.1, 0.15) is 26.5 Å². The van der Waals surface area contributed by atoms with E-state index in [4.69, 9.17) is 19.0 Å². The van der Waals surface area contributed by atoms with Crippen LogP contribution in [0, 0.1) is 0 Å². The van der Waals surface area contributed by atoms with Crippen LogP contribution in [0.5, 0.6) is 11.5 Å². The molecule has 10 heteroatoms. The molecule has 32 heavy (non-hydrogen) atoms. The number of anilines is 1. The lowest BCUT2D eigenvalue weighted by Gasteiger charge is -2.11. The Kier molecular flexibility index (Phi) is 5.95. The van der Waals surface area contributed by atoms with Gasteiger partial charge in [0, 0.05) is 5.69 Å². The Hall–Kier alpha value is -4.05. The highest BCUT2D eigenvalue weighted by molar-refractivity contribution is 9.10. The molecule has 3 N–H and O–H groups in total. The summed E-state index contributed by atoms with van der Waals surface area (Å²) in [6.45, 7) is 0.0971. The van der Waals surface area contributed by atoms with Crippen molar-refractivity contribution in [2.45, 2.75) is 0 Å². The predicted octanol–water partition coefficient (Wildman–Crippen LogP) is 3.88. The highest BCUT2D eigenvalue weighted by Crippen LogP contribution is 2.33. The number of carbonyl (C=O) groups is 3. The lowest BCUT2D eigenvalue weighted by molar-refractivity contribution is -0.113. The Morgan fingerprint density at radius 2 is 1.81 bits per heavy atom. The molecule has 0 saturated carbocycles. The molecule has 1 aliphatic heterocycles. The van der Waals surface area contributed by atoms with E-state index in [1.807, 2.05) is 0 Å². The van der Waals surface area contributed by atoms with Gasteiger partial charge in [0.25, 0.3) is 11.8 Å². The molecular weight excluding hydrogens is 484 g/mol. The fraction of sp³-hybridized carbons (Fsp3) is 0.0455. The number of carboxylic acid groups (broad SMARTS) is 1. The van der Waals surface area contributed by atoms with Gasteiger partial charge in [0.05, 0.1) is 5.56 Å². The third-order valence-corrected chi connectivity index (χ3v) is 4.79. The van der Waals surface area contributed by atoms with E-state index in [0.29, 0.717) is 21.7 Å². The van der Waals surface area contributed by atoms with Gasteiger partial charge in [-0.2, -0.15) is 0 Å². The summed E-state index contributed by atoms with van der Waals surface area (Å²) in [5.41, 5.74) is 0.733. The SMILES string of the molecule is O=C(Nc1cccc(C(=O)O)c1)C(=Cc1ccc2c(c1)OCO2)NC(=O)c1ccc(Br)o1. The minimum absolute atomic E-state index is 0.00543. The molecule has 0 spiro atoms. The van der Waals surface area contributed by atoms with E-state index in [2.05, 4.69) is 26.6 Å². The Bertz CT molecular complexity index is 1250. The van der Waals surface area contributed by atoms with Gasteiger partial charge in [-0.3, -0.25) is 9.59 Å². The normalized spacial score (nSPS) is 12.3. The summed E-state index contributed by atoms with van der Waals surface area (Å²) in [5.74, 6) is -1.36. The first-order chi connectivity index (χ1) is 15.4. The number of carboxylic acids is 1.